The Kier molecular flexibility index (Phi) is 7.46. The molecule has 168 valence electrons. The Morgan fingerprint density at radius 1 is 1.29 bits per heavy atom. The highest BCUT2D eigenvalue weighted by Gasteiger charge is 2.29. The summed E-state index contributed by atoms with van der Waals surface area (Å²) in [6.45, 7) is 6.64. The van der Waals surface area contributed by atoms with E-state index in [2.05, 4.69) is 10.6 Å². The van der Waals surface area contributed by atoms with Gasteiger partial charge in [0.1, 0.15) is 10.6 Å². The van der Waals surface area contributed by atoms with Crippen LogP contribution in [0.15, 0.2) is 24.3 Å². The van der Waals surface area contributed by atoms with Gasteiger partial charge < -0.3 is 25.2 Å². The Labute approximate surface area is 190 Å². The van der Waals surface area contributed by atoms with Crippen LogP contribution in [0.3, 0.4) is 0 Å². The number of carbonyl (C=O) groups excluding carboxylic acids is 1. The van der Waals surface area contributed by atoms with E-state index in [4.69, 9.17) is 26.2 Å². The van der Waals surface area contributed by atoms with Crippen molar-refractivity contribution in [3.63, 3.8) is 0 Å². The van der Waals surface area contributed by atoms with E-state index >= 15 is 0 Å². The Morgan fingerprint density at radius 2 is 2.00 bits per heavy atom. The lowest BCUT2D eigenvalue weighted by molar-refractivity contribution is -0.139. The monoisotopic (exact) mass is 466 g/mol. The largest absolute Gasteiger partial charge is 0.479 e. The van der Waals surface area contributed by atoms with Gasteiger partial charge in [0, 0.05) is 11.7 Å². The molecule has 2 aromatic rings. The number of aliphatic carboxylic acids is 1. The first-order valence-corrected chi connectivity index (χ1v) is 11.3. The maximum absolute atomic E-state index is 12.7. The van der Waals surface area contributed by atoms with Crippen LogP contribution in [-0.2, 0) is 9.53 Å². The fourth-order valence-electron chi connectivity index (χ4n) is 3.26. The highest BCUT2D eigenvalue weighted by Crippen LogP contribution is 2.46. The highest BCUT2D eigenvalue weighted by molar-refractivity contribution is 7.18. The number of ether oxygens (including phenoxy) is 2. The number of hydrogen-bond donors (Lipinski definition) is 3. The Balaban J connectivity index is 1.93. The van der Waals surface area contributed by atoms with Gasteiger partial charge in [0.15, 0.2) is 17.2 Å². The summed E-state index contributed by atoms with van der Waals surface area (Å²) in [7, 11) is 0. The molecule has 1 aliphatic heterocycles. The molecule has 3 N–H and O–H groups in total. The minimum atomic E-state index is -1.16. The van der Waals surface area contributed by atoms with E-state index in [1.807, 2.05) is 24.3 Å². The maximum atomic E-state index is 12.7. The number of rotatable bonds is 7. The van der Waals surface area contributed by atoms with Gasteiger partial charge in [-0.3, -0.25) is 0 Å². The quantitative estimate of drug-likeness (QED) is 0.511. The second-order valence-corrected chi connectivity index (χ2v) is 9.74. The molecule has 1 saturated heterocycles. The summed E-state index contributed by atoms with van der Waals surface area (Å²) in [5.41, 5.74) is 1.06. The summed E-state index contributed by atoms with van der Waals surface area (Å²) in [4.78, 5) is 24.5. The van der Waals surface area contributed by atoms with Gasteiger partial charge in [0.25, 0.3) is 0 Å². The zero-order valence-corrected chi connectivity index (χ0v) is 19.4. The topological polar surface area (TPSA) is 96.9 Å². The molecule has 1 aromatic carbocycles. The summed E-state index contributed by atoms with van der Waals surface area (Å²) in [5.74, 6) is -1.72. The third-order valence-corrected chi connectivity index (χ3v) is 6.24. The molecular weight excluding hydrogens is 440 g/mol. The van der Waals surface area contributed by atoms with Crippen LogP contribution >= 0.6 is 22.9 Å². The van der Waals surface area contributed by atoms with Crippen molar-refractivity contribution < 1.29 is 24.2 Å². The number of benzene rings is 1. The van der Waals surface area contributed by atoms with E-state index in [1.54, 1.807) is 20.8 Å². The van der Waals surface area contributed by atoms with Crippen molar-refractivity contribution in [2.24, 2.45) is 0 Å². The molecule has 0 bridgehead atoms. The first-order valence-electron chi connectivity index (χ1n) is 10.1. The number of nitrogens with one attached hydrogen (secondary N) is 2. The lowest BCUT2D eigenvalue weighted by Gasteiger charge is -2.24. The van der Waals surface area contributed by atoms with Crippen molar-refractivity contribution in [3.8, 4) is 16.2 Å². The molecule has 0 radical (unpaired) electrons. The summed E-state index contributed by atoms with van der Waals surface area (Å²) in [6.07, 6.45) is 2.08. The average Bonchev–Trinajstić information content (AvgIpc) is 3.02. The van der Waals surface area contributed by atoms with Crippen molar-refractivity contribution in [2.45, 2.75) is 45.3 Å². The van der Waals surface area contributed by atoms with Gasteiger partial charge in [-0.25, -0.2) is 9.59 Å². The van der Waals surface area contributed by atoms with Gasteiger partial charge in [-0.05, 0) is 64.4 Å². The molecule has 0 amide bonds. The van der Waals surface area contributed by atoms with Gasteiger partial charge in [-0.2, -0.15) is 0 Å². The van der Waals surface area contributed by atoms with Crippen LogP contribution in [0.25, 0.3) is 10.4 Å². The fourth-order valence-corrected chi connectivity index (χ4v) is 4.70. The van der Waals surface area contributed by atoms with E-state index in [1.165, 1.54) is 0 Å². The molecule has 1 aliphatic rings. The van der Waals surface area contributed by atoms with Crippen LogP contribution in [0.4, 0.5) is 5.69 Å². The van der Waals surface area contributed by atoms with Gasteiger partial charge >= 0.3 is 11.9 Å². The number of piperidine rings is 1. The zero-order valence-electron chi connectivity index (χ0n) is 17.8. The Morgan fingerprint density at radius 3 is 2.65 bits per heavy atom. The van der Waals surface area contributed by atoms with Crippen LogP contribution in [0.2, 0.25) is 5.02 Å². The van der Waals surface area contributed by atoms with Gasteiger partial charge in [-0.1, -0.05) is 23.7 Å². The predicted molar refractivity (Wildman–Crippen MR) is 123 cm³/mol. The fraction of sp³-hybridized carbons (Fsp3) is 0.455. The Bertz CT molecular complexity index is 948. The SMILES string of the molecule is CC(C)(C)OC(=O)c1sc(-c2cccc(NC3CCNCC3)c2)c(Cl)c1OCC(=O)O. The molecule has 0 atom stereocenters. The molecule has 0 saturated carbocycles. The smallest absolute Gasteiger partial charge is 0.352 e. The average molecular weight is 467 g/mol. The predicted octanol–water partition coefficient (Wildman–Crippen LogP) is 4.65. The molecule has 9 heteroatoms. The number of carboxylic acids is 1. The van der Waals surface area contributed by atoms with Crippen molar-refractivity contribution in [1.29, 1.82) is 0 Å². The second kappa shape index (κ2) is 9.89. The van der Waals surface area contributed by atoms with Crippen LogP contribution < -0.4 is 15.4 Å². The van der Waals surface area contributed by atoms with Crippen molar-refractivity contribution >= 4 is 40.6 Å². The first kappa shape index (κ1) is 23.4. The molecule has 0 unspecified atom stereocenters. The summed E-state index contributed by atoms with van der Waals surface area (Å²) in [5, 5.41) is 16.1. The summed E-state index contributed by atoms with van der Waals surface area (Å²) >= 11 is 7.70. The zero-order chi connectivity index (χ0) is 22.6. The van der Waals surface area contributed by atoms with Gasteiger partial charge in [0.05, 0.1) is 4.88 Å². The Hall–Kier alpha value is -2.29. The number of anilines is 1. The van der Waals surface area contributed by atoms with E-state index in [0.717, 1.165) is 48.5 Å². The van der Waals surface area contributed by atoms with E-state index in [-0.39, 0.29) is 15.6 Å². The van der Waals surface area contributed by atoms with Crippen molar-refractivity contribution in [3.05, 3.63) is 34.2 Å². The van der Waals surface area contributed by atoms with E-state index < -0.39 is 24.1 Å². The number of esters is 1. The van der Waals surface area contributed by atoms with E-state index in [0.29, 0.717) is 10.9 Å². The number of hydrogen-bond acceptors (Lipinski definition) is 7. The van der Waals surface area contributed by atoms with E-state index in [9.17, 15) is 9.59 Å². The molecule has 0 spiro atoms. The third kappa shape index (κ3) is 6.35. The molecule has 1 fully saturated rings. The van der Waals surface area contributed by atoms with Crippen molar-refractivity contribution in [1.82, 2.24) is 5.32 Å². The number of carbonyl (C=O) groups is 2. The standard InChI is InChI=1S/C22H27ClN2O5S/c1-22(2,3)30-21(28)20-18(29-12-16(26)27)17(23)19(31-20)13-5-4-6-15(11-13)25-14-7-9-24-10-8-14/h4-6,11,14,24-25H,7-10,12H2,1-3H3,(H,26,27). The maximum Gasteiger partial charge on any atom is 0.352 e. The van der Waals surface area contributed by atoms with Gasteiger partial charge in [0.2, 0.25) is 0 Å². The van der Waals surface area contributed by atoms with Crippen LogP contribution in [0.1, 0.15) is 43.3 Å². The lowest BCUT2D eigenvalue weighted by Crippen LogP contribution is -2.35. The van der Waals surface area contributed by atoms with Gasteiger partial charge in [-0.15, -0.1) is 11.3 Å². The molecular formula is C22H27ClN2O5S. The first-order chi connectivity index (χ1) is 14.6. The minimum absolute atomic E-state index is 0.0371. The summed E-state index contributed by atoms with van der Waals surface area (Å²) in [6, 6.07) is 8.16. The van der Waals surface area contributed by atoms with Crippen LogP contribution in [-0.4, -0.2) is 48.4 Å². The number of halogens is 1. The third-order valence-electron chi connectivity index (χ3n) is 4.57. The van der Waals surface area contributed by atoms with Crippen molar-refractivity contribution in [2.75, 3.05) is 25.0 Å². The highest BCUT2D eigenvalue weighted by atomic mass is 35.5. The summed E-state index contributed by atoms with van der Waals surface area (Å²) < 4.78 is 10.8. The van der Waals surface area contributed by atoms with Crippen LogP contribution in [0, 0.1) is 0 Å². The number of carboxylic acid groups (broad SMARTS) is 1. The molecule has 31 heavy (non-hydrogen) atoms. The molecule has 3 rings (SSSR count). The second-order valence-electron chi connectivity index (χ2n) is 8.34. The minimum Gasteiger partial charge on any atom is -0.479 e. The molecule has 7 nitrogen and oxygen atoms in total. The lowest BCUT2D eigenvalue weighted by atomic mass is 10.1. The number of thiophene rings is 1. The molecule has 1 aromatic heterocycles. The molecule has 2 heterocycles. The van der Waals surface area contributed by atoms with Crippen LogP contribution in [0.5, 0.6) is 5.75 Å². The normalized spacial score (nSPS) is 14.8. The molecule has 0 aliphatic carbocycles.